The Labute approximate surface area is 87.5 Å². The lowest BCUT2D eigenvalue weighted by molar-refractivity contribution is 0.273. The minimum atomic E-state index is 0.312. The van der Waals surface area contributed by atoms with Crippen LogP contribution in [0, 0.1) is 0 Å². The van der Waals surface area contributed by atoms with Crippen LogP contribution in [0.3, 0.4) is 0 Å². The van der Waals surface area contributed by atoms with Gasteiger partial charge in [-0.2, -0.15) is 0 Å². The molecule has 2 N–H and O–H groups in total. The summed E-state index contributed by atoms with van der Waals surface area (Å²) in [5, 5.41) is 12.3. The maximum absolute atomic E-state index is 8.72. The molecule has 1 aliphatic rings. The Balaban J connectivity index is 2.18. The molecule has 0 amide bonds. The number of nitrogens with one attached hydrogen (secondary N) is 1. The Morgan fingerprint density at radius 3 is 2.79 bits per heavy atom. The van der Waals surface area contributed by atoms with E-state index in [1.165, 1.54) is 6.42 Å². The molecule has 1 fully saturated rings. The molecule has 0 saturated carbocycles. The van der Waals surface area contributed by atoms with Gasteiger partial charge < -0.3 is 15.3 Å². The van der Waals surface area contributed by atoms with Crippen LogP contribution in [0.1, 0.15) is 33.1 Å². The topological polar surface area (TPSA) is 35.5 Å². The first-order valence-electron chi connectivity index (χ1n) is 5.70. The molecule has 1 heterocycles. The van der Waals surface area contributed by atoms with Crippen molar-refractivity contribution in [3.8, 4) is 0 Å². The van der Waals surface area contributed by atoms with Crippen LogP contribution in [-0.4, -0.2) is 48.3 Å². The molecular formula is C11H24N2O. The molecular weight excluding hydrogens is 176 g/mol. The van der Waals surface area contributed by atoms with Crippen LogP contribution in [0.25, 0.3) is 0 Å². The van der Waals surface area contributed by atoms with Crippen molar-refractivity contribution < 1.29 is 5.11 Å². The van der Waals surface area contributed by atoms with Crippen molar-refractivity contribution in [2.45, 2.75) is 51.2 Å². The summed E-state index contributed by atoms with van der Waals surface area (Å²) in [7, 11) is 2.19. The fourth-order valence-corrected chi connectivity index (χ4v) is 2.20. The summed E-state index contributed by atoms with van der Waals surface area (Å²) in [5.41, 5.74) is 0. The fraction of sp³-hybridized carbons (Fsp3) is 1.00. The van der Waals surface area contributed by atoms with Crippen molar-refractivity contribution in [2.75, 3.05) is 20.2 Å². The lowest BCUT2D eigenvalue weighted by atomic mass is 10.1. The summed E-state index contributed by atoms with van der Waals surface area (Å²) >= 11 is 0. The van der Waals surface area contributed by atoms with Crippen LogP contribution in [0.5, 0.6) is 0 Å². The van der Waals surface area contributed by atoms with Gasteiger partial charge in [0.25, 0.3) is 0 Å². The van der Waals surface area contributed by atoms with Crippen molar-refractivity contribution >= 4 is 0 Å². The van der Waals surface area contributed by atoms with Gasteiger partial charge in [0.1, 0.15) is 0 Å². The lowest BCUT2D eigenvalue weighted by Gasteiger charge is -2.18. The largest absolute Gasteiger partial charge is 0.396 e. The van der Waals surface area contributed by atoms with Crippen LogP contribution in [0.15, 0.2) is 0 Å². The third kappa shape index (κ3) is 3.56. The normalized spacial score (nSPS) is 30.9. The highest BCUT2D eigenvalue weighted by molar-refractivity contribution is 4.86. The van der Waals surface area contributed by atoms with E-state index in [1.807, 2.05) is 0 Å². The van der Waals surface area contributed by atoms with Gasteiger partial charge in [-0.3, -0.25) is 0 Å². The summed E-state index contributed by atoms with van der Waals surface area (Å²) in [4.78, 5) is 2.40. The molecule has 3 heteroatoms. The van der Waals surface area contributed by atoms with Gasteiger partial charge in [-0.1, -0.05) is 0 Å². The van der Waals surface area contributed by atoms with E-state index < -0.39 is 0 Å². The van der Waals surface area contributed by atoms with Gasteiger partial charge in [0.15, 0.2) is 0 Å². The van der Waals surface area contributed by atoms with Crippen LogP contribution in [0.4, 0.5) is 0 Å². The van der Waals surface area contributed by atoms with E-state index in [0.717, 1.165) is 19.4 Å². The maximum atomic E-state index is 8.72. The van der Waals surface area contributed by atoms with Crippen molar-refractivity contribution in [2.24, 2.45) is 0 Å². The Hall–Kier alpha value is -0.120. The van der Waals surface area contributed by atoms with Gasteiger partial charge in [-0.15, -0.1) is 0 Å². The average molecular weight is 200 g/mol. The highest BCUT2D eigenvalue weighted by atomic mass is 16.2. The molecule has 0 aromatic rings. The zero-order chi connectivity index (χ0) is 10.6. The second kappa shape index (κ2) is 5.69. The van der Waals surface area contributed by atoms with E-state index in [4.69, 9.17) is 5.11 Å². The smallest absolute Gasteiger partial charge is 0.0431 e. The second-order valence-corrected chi connectivity index (χ2v) is 4.65. The van der Waals surface area contributed by atoms with Crippen molar-refractivity contribution in [1.29, 1.82) is 0 Å². The molecule has 3 atom stereocenters. The maximum Gasteiger partial charge on any atom is 0.0431 e. The highest BCUT2D eigenvalue weighted by Crippen LogP contribution is 2.15. The average Bonchev–Trinajstić information content (AvgIpc) is 2.42. The molecule has 0 radical (unpaired) electrons. The summed E-state index contributed by atoms with van der Waals surface area (Å²) < 4.78 is 0. The van der Waals surface area contributed by atoms with Gasteiger partial charge in [0.2, 0.25) is 0 Å². The number of rotatable bonds is 5. The van der Waals surface area contributed by atoms with Gasteiger partial charge in [-0.05, 0) is 40.2 Å². The van der Waals surface area contributed by atoms with Gasteiger partial charge in [-0.25, -0.2) is 0 Å². The van der Waals surface area contributed by atoms with Crippen LogP contribution < -0.4 is 5.32 Å². The molecule has 1 rings (SSSR count). The molecule has 14 heavy (non-hydrogen) atoms. The fourth-order valence-electron chi connectivity index (χ4n) is 2.20. The number of aliphatic hydroxyl groups excluding tert-OH is 1. The molecule has 0 aromatic carbocycles. The van der Waals surface area contributed by atoms with Gasteiger partial charge in [0, 0.05) is 31.3 Å². The van der Waals surface area contributed by atoms with E-state index in [2.05, 4.69) is 31.1 Å². The Morgan fingerprint density at radius 1 is 1.57 bits per heavy atom. The third-order valence-electron chi connectivity index (χ3n) is 3.20. The summed E-state index contributed by atoms with van der Waals surface area (Å²) in [6.07, 6.45) is 3.23. The number of aliphatic hydroxyl groups is 1. The monoisotopic (exact) mass is 200 g/mol. The van der Waals surface area contributed by atoms with E-state index in [-0.39, 0.29) is 0 Å². The Morgan fingerprint density at radius 2 is 2.29 bits per heavy atom. The standard InChI is InChI=1S/C11H24N2O/c1-9(5-4-6-14)12-11-7-10(2)13(3)8-11/h9-12,14H,4-8H2,1-3H3. The van der Waals surface area contributed by atoms with Gasteiger partial charge in [0.05, 0.1) is 0 Å². The zero-order valence-corrected chi connectivity index (χ0v) is 9.66. The predicted molar refractivity (Wildman–Crippen MR) is 59.4 cm³/mol. The zero-order valence-electron chi connectivity index (χ0n) is 9.66. The van der Waals surface area contributed by atoms with E-state index >= 15 is 0 Å². The first-order valence-corrected chi connectivity index (χ1v) is 5.70. The first kappa shape index (κ1) is 12.0. The van der Waals surface area contributed by atoms with Crippen molar-refractivity contribution in [1.82, 2.24) is 10.2 Å². The van der Waals surface area contributed by atoms with E-state index in [1.54, 1.807) is 0 Å². The summed E-state index contributed by atoms with van der Waals surface area (Å²) in [6.45, 7) is 5.95. The quantitative estimate of drug-likeness (QED) is 0.690. The molecule has 0 aliphatic carbocycles. The SMILES string of the molecule is CC(CCCO)NC1CC(C)N(C)C1. The first-order chi connectivity index (χ1) is 6.63. The Bertz CT molecular complexity index is 153. The van der Waals surface area contributed by atoms with Crippen LogP contribution >= 0.6 is 0 Å². The summed E-state index contributed by atoms with van der Waals surface area (Å²) in [5.74, 6) is 0. The van der Waals surface area contributed by atoms with Gasteiger partial charge >= 0.3 is 0 Å². The lowest BCUT2D eigenvalue weighted by Crippen LogP contribution is -2.38. The summed E-state index contributed by atoms with van der Waals surface area (Å²) in [6, 6.07) is 1.88. The Kier molecular flexibility index (Phi) is 4.85. The molecule has 1 aliphatic heterocycles. The van der Waals surface area contributed by atoms with E-state index in [9.17, 15) is 0 Å². The molecule has 0 bridgehead atoms. The third-order valence-corrected chi connectivity index (χ3v) is 3.20. The van der Waals surface area contributed by atoms with Crippen molar-refractivity contribution in [3.63, 3.8) is 0 Å². The van der Waals surface area contributed by atoms with Crippen LogP contribution in [-0.2, 0) is 0 Å². The molecule has 0 spiro atoms. The number of likely N-dealkylation sites (tertiary alicyclic amines) is 1. The minimum absolute atomic E-state index is 0.312. The minimum Gasteiger partial charge on any atom is -0.396 e. The molecule has 3 nitrogen and oxygen atoms in total. The number of likely N-dealkylation sites (N-methyl/N-ethyl adjacent to an activating group) is 1. The number of hydrogen-bond acceptors (Lipinski definition) is 3. The predicted octanol–water partition coefficient (Wildman–Crippen LogP) is 0.830. The van der Waals surface area contributed by atoms with Crippen LogP contribution in [0.2, 0.25) is 0 Å². The molecule has 3 unspecified atom stereocenters. The molecule has 84 valence electrons. The highest BCUT2D eigenvalue weighted by Gasteiger charge is 2.26. The van der Waals surface area contributed by atoms with E-state index in [0.29, 0.717) is 24.7 Å². The molecule has 1 saturated heterocycles. The number of hydrogen-bond donors (Lipinski definition) is 2. The molecule has 0 aromatic heterocycles. The second-order valence-electron chi connectivity index (χ2n) is 4.65. The number of nitrogens with zero attached hydrogens (tertiary/aromatic N) is 1. The van der Waals surface area contributed by atoms with Crippen molar-refractivity contribution in [3.05, 3.63) is 0 Å².